The van der Waals surface area contributed by atoms with Crippen molar-refractivity contribution < 1.29 is 18.3 Å². The number of carbonyl (C=O) groups is 1. The maximum Gasteiger partial charge on any atom is 0.345 e. The van der Waals surface area contributed by atoms with Gasteiger partial charge in [-0.25, -0.2) is 13.2 Å². The van der Waals surface area contributed by atoms with Gasteiger partial charge in [-0.15, -0.1) is 11.3 Å². The van der Waals surface area contributed by atoms with E-state index >= 15 is 0 Å². The third-order valence-corrected chi connectivity index (χ3v) is 5.14. The van der Waals surface area contributed by atoms with Crippen LogP contribution in [0.1, 0.15) is 22.2 Å². The fourth-order valence-electron chi connectivity index (χ4n) is 1.59. The summed E-state index contributed by atoms with van der Waals surface area (Å²) in [7, 11) is -3.75. The van der Waals surface area contributed by atoms with E-state index in [4.69, 9.17) is 5.11 Å². The Labute approximate surface area is 120 Å². The largest absolute Gasteiger partial charge is 0.477 e. The molecule has 0 aliphatic carbocycles. The Hall–Kier alpha value is -1.86. The number of aryl methyl sites for hydroxylation is 1. The normalized spacial score (nSPS) is 11.2. The van der Waals surface area contributed by atoms with Crippen molar-refractivity contribution in [3.63, 3.8) is 0 Å². The minimum atomic E-state index is -3.75. The summed E-state index contributed by atoms with van der Waals surface area (Å²) < 4.78 is 26.6. The monoisotopic (exact) mass is 311 g/mol. The third kappa shape index (κ3) is 3.17. The number of carboxylic acid groups (broad SMARTS) is 1. The first-order valence-electron chi connectivity index (χ1n) is 5.86. The predicted molar refractivity (Wildman–Crippen MR) is 77.9 cm³/mol. The summed E-state index contributed by atoms with van der Waals surface area (Å²) in [5, 5.41) is 10.1. The van der Waals surface area contributed by atoms with Crippen LogP contribution >= 0.6 is 11.3 Å². The molecule has 0 aliphatic rings. The molecule has 2 aromatic rings. The highest BCUT2D eigenvalue weighted by molar-refractivity contribution is 7.92. The molecule has 1 aromatic carbocycles. The smallest absolute Gasteiger partial charge is 0.345 e. The minimum absolute atomic E-state index is 0.00768. The van der Waals surface area contributed by atoms with E-state index in [1.165, 1.54) is 5.38 Å². The molecule has 7 heteroatoms. The van der Waals surface area contributed by atoms with E-state index in [1.54, 1.807) is 12.1 Å². The van der Waals surface area contributed by atoms with Gasteiger partial charge in [0.1, 0.15) is 4.88 Å². The van der Waals surface area contributed by atoms with Crippen LogP contribution in [0, 0.1) is 0 Å². The number of carboxylic acids is 1. The molecule has 0 radical (unpaired) electrons. The summed E-state index contributed by atoms with van der Waals surface area (Å²) in [6.07, 6.45) is 0.875. The number of hydrogen-bond donors (Lipinski definition) is 2. The van der Waals surface area contributed by atoms with Crippen molar-refractivity contribution in [2.45, 2.75) is 18.2 Å². The Balaban J connectivity index is 2.23. The number of aromatic carboxylic acids is 1. The van der Waals surface area contributed by atoms with Gasteiger partial charge in [0.25, 0.3) is 10.0 Å². The first kappa shape index (κ1) is 14.5. The van der Waals surface area contributed by atoms with E-state index in [9.17, 15) is 13.2 Å². The summed E-state index contributed by atoms with van der Waals surface area (Å²) >= 11 is 0.882. The Morgan fingerprint density at radius 1 is 1.30 bits per heavy atom. The van der Waals surface area contributed by atoms with Crippen molar-refractivity contribution in [1.29, 1.82) is 0 Å². The van der Waals surface area contributed by atoms with Gasteiger partial charge < -0.3 is 5.11 Å². The molecule has 0 fully saturated rings. The number of anilines is 1. The summed E-state index contributed by atoms with van der Waals surface area (Å²) in [5.74, 6) is -1.14. The molecule has 2 N–H and O–H groups in total. The van der Waals surface area contributed by atoms with E-state index in [1.807, 2.05) is 19.1 Å². The molecule has 0 saturated carbocycles. The molecule has 0 aliphatic heterocycles. The molecule has 1 aromatic heterocycles. The zero-order chi connectivity index (χ0) is 14.8. The Morgan fingerprint density at radius 2 is 1.95 bits per heavy atom. The van der Waals surface area contributed by atoms with E-state index in [0.29, 0.717) is 5.69 Å². The lowest BCUT2D eigenvalue weighted by Crippen LogP contribution is -2.12. The van der Waals surface area contributed by atoms with Crippen LogP contribution in [-0.2, 0) is 16.4 Å². The van der Waals surface area contributed by atoms with Crippen molar-refractivity contribution in [3.8, 4) is 0 Å². The van der Waals surface area contributed by atoms with Gasteiger partial charge in [0.05, 0.1) is 4.90 Å². The zero-order valence-corrected chi connectivity index (χ0v) is 12.3. The second-order valence-corrected chi connectivity index (χ2v) is 6.70. The standard InChI is InChI=1S/C13H13NO4S2/c1-2-9-3-5-10(6-4-9)14-20(17,18)11-7-12(13(15)16)19-8-11/h3-8,14H,2H2,1H3,(H,15,16). The van der Waals surface area contributed by atoms with Gasteiger partial charge in [0.2, 0.25) is 0 Å². The van der Waals surface area contributed by atoms with Crippen molar-refractivity contribution in [3.05, 3.63) is 46.2 Å². The average molecular weight is 311 g/mol. The summed E-state index contributed by atoms with van der Waals surface area (Å²) in [5.41, 5.74) is 1.56. The SMILES string of the molecule is CCc1ccc(NS(=O)(=O)c2csc(C(=O)O)c2)cc1. The fourth-order valence-corrected chi connectivity index (χ4v) is 3.76. The average Bonchev–Trinajstić information content (AvgIpc) is 2.90. The molecule has 20 heavy (non-hydrogen) atoms. The van der Waals surface area contributed by atoms with E-state index in [2.05, 4.69) is 4.72 Å². The summed E-state index contributed by atoms with van der Waals surface area (Å²) in [6, 6.07) is 8.19. The highest BCUT2D eigenvalue weighted by Crippen LogP contribution is 2.22. The predicted octanol–water partition coefficient (Wildman–Crippen LogP) is 2.81. The molecule has 5 nitrogen and oxygen atoms in total. The number of rotatable bonds is 5. The first-order valence-corrected chi connectivity index (χ1v) is 8.22. The van der Waals surface area contributed by atoms with Gasteiger partial charge in [0.15, 0.2) is 0 Å². The summed E-state index contributed by atoms with van der Waals surface area (Å²) in [6.45, 7) is 2.01. The fraction of sp³-hybridized carbons (Fsp3) is 0.154. The lowest BCUT2D eigenvalue weighted by molar-refractivity contribution is 0.0702. The number of nitrogens with one attached hydrogen (secondary N) is 1. The van der Waals surface area contributed by atoms with Crippen molar-refractivity contribution in [2.75, 3.05) is 4.72 Å². The number of hydrogen-bond acceptors (Lipinski definition) is 4. The molecule has 0 spiro atoms. The minimum Gasteiger partial charge on any atom is -0.477 e. The van der Waals surface area contributed by atoms with Crippen LogP contribution in [0.2, 0.25) is 0 Å². The topological polar surface area (TPSA) is 83.5 Å². The van der Waals surface area contributed by atoms with Gasteiger partial charge in [-0.05, 0) is 30.2 Å². The molecular formula is C13H13NO4S2. The van der Waals surface area contributed by atoms with Crippen LogP contribution in [0.15, 0.2) is 40.6 Å². The lowest BCUT2D eigenvalue weighted by atomic mass is 10.2. The maximum atomic E-state index is 12.1. The molecule has 2 rings (SSSR count). The molecule has 0 bridgehead atoms. The number of thiophene rings is 1. The van der Waals surface area contributed by atoms with Crippen LogP contribution < -0.4 is 4.72 Å². The molecule has 0 amide bonds. The van der Waals surface area contributed by atoms with Gasteiger partial charge in [-0.1, -0.05) is 19.1 Å². The van der Waals surface area contributed by atoms with Gasteiger partial charge >= 0.3 is 5.97 Å². The van der Waals surface area contributed by atoms with Gasteiger partial charge in [-0.3, -0.25) is 4.72 Å². The highest BCUT2D eigenvalue weighted by atomic mass is 32.2. The Bertz CT molecular complexity index is 717. The Morgan fingerprint density at radius 3 is 2.45 bits per heavy atom. The van der Waals surface area contributed by atoms with Gasteiger partial charge in [-0.2, -0.15) is 0 Å². The van der Waals surface area contributed by atoms with E-state index in [0.717, 1.165) is 29.4 Å². The second kappa shape index (κ2) is 5.64. The van der Waals surface area contributed by atoms with Crippen LogP contribution in [0.5, 0.6) is 0 Å². The van der Waals surface area contributed by atoms with Crippen molar-refractivity contribution >= 4 is 33.0 Å². The van der Waals surface area contributed by atoms with E-state index < -0.39 is 16.0 Å². The second-order valence-electron chi connectivity index (χ2n) is 4.11. The third-order valence-electron chi connectivity index (χ3n) is 2.71. The molecule has 0 saturated heterocycles. The molecule has 106 valence electrons. The highest BCUT2D eigenvalue weighted by Gasteiger charge is 2.18. The number of sulfonamides is 1. The van der Waals surface area contributed by atoms with Crippen molar-refractivity contribution in [2.24, 2.45) is 0 Å². The zero-order valence-electron chi connectivity index (χ0n) is 10.7. The van der Waals surface area contributed by atoms with Gasteiger partial charge in [0, 0.05) is 11.1 Å². The van der Waals surface area contributed by atoms with Crippen LogP contribution in [-0.4, -0.2) is 19.5 Å². The quantitative estimate of drug-likeness (QED) is 0.889. The summed E-state index contributed by atoms with van der Waals surface area (Å²) in [4.78, 5) is 10.7. The number of benzene rings is 1. The Kier molecular flexibility index (Phi) is 4.10. The van der Waals surface area contributed by atoms with Crippen LogP contribution in [0.25, 0.3) is 0 Å². The van der Waals surface area contributed by atoms with Crippen LogP contribution in [0.4, 0.5) is 5.69 Å². The lowest BCUT2D eigenvalue weighted by Gasteiger charge is -2.06. The first-order chi connectivity index (χ1) is 9.42. The van der Waals surface area contributed by atoms with Crippen molar-refractivity contribution in [1.82, 2.24) is 0 Å². The molecule has 1 heterocycles. The molecule has 0 unspecified atom stereocenters. The maximum absolute atomic E-state index is 12.1. The van der Waals surface area contributed by atoms with E-state index in [-0.39, 0.29) is 9.77 Å². The molecular weight excluding hydrogens is 298 g/mol. The van der Waals surface area contributed by atoms with Crippen LogP contribution in [0.3, 0.4) is 0 Å². The molecule has 0 atom stereocenters.